The van der Waals surface area contributed by atoms with E-state index in [1.165, 1.54) is 11.1 Å². The minimum absolute atomic E-state index is 0.138. The number of pyridine rings is 2. The van der Waals surface area contributed by atoms with Gasteiger partial charge in [0, 0.05) is 31.4 Å². The van der Waals surface area contributed by atoms with Crippen molar-refractivity contribution in [2.45, 2.75) is 59.5 Å². The lowest BCUT2D eigenvalue weighted by Crippen LogP contribution is -2.29. The molecule has 0 aliphatic carbocycles. The molecule has 0 saturated heterocycles. The van der Waals surface area contributed by atoms with Crippen molar-refractivity contribution in [1.82, 2.24) is 20.3 Å². The van der Waals surface area contributed by atoms with Gasteiger partial charge in [-0.15, -0.1) is 0 Å². The number of amides is 1. The average molecular weight is 370 g/mol. The number of carbonyl (C=O) groups is 1. The molecule has 6 heteroatoms. The van der Waals surface area contributed by atoms with E-state index >= 15 is 0 Å². The van der Waals surface area contributed by atoms with Crippen LogP contribution in [0.5, 0.6) is 0 Å². The fourth-order valence-corrected chi connectivity index (χ4v) is 3.14. The molecule has 1 atom stereocenters. The SMILES string of the molecule is Cc1ccnc([C@H](C)N(CCCCC(=O)NO)Cc2ncc(C)cc2C)c1. The zero-order valence-electron chi connectivity index (χ0n) is 16.7. The van der Waals surface area contributed by atoms with Crippen LogP contribution in [0.3, 0.4) is 0 Å². The largest absolute Gasteiger partial charge is 0.289 e. The molecular weight excluding hydrogens is 340 g/mol. The summed E-state index contributed by atoms with van der Waals surface area (Å²) in [6.07, 6.45) is 5.65. The Balaban J connectivity index is 2.12. The number of rotatable bonds is 9. The first kappa shape index (κ1) is 21.0. The van der Waals surface area contributed by atoms with Crippen molar-refractivity contribution >= 4 is 5.91 Å². The minimum Gasteiger partial charge on any atom is -0.289 e. The van der Waals surface area contributed by atoms with Crippen LogP contribution in [0.15, 0.2) is 30.6 Å². The van der Waals surface area contributed by atoms with Gasteiger partial charge >= 0.3 is 0 Å². The number of aromatic nitrogens is 2. The number of carbonyl (C=O) groups excluding carboxylic acids is 1. The first-order valence-electron chi connectivity index (χ1n) is 9.42. The summed E-state index contributed by atoms with van der Waals surface area (Å²) in [5.74, 6) is -0.342. The number of hydrogen-bond donors (Lipinski definition) is 2. The van der Waals surface area contributed by atoms with Gasteiger partial charge in [0.05, 0.1) is 11.4 Å². The van der Waals surface area contributed by atoms with E-state index in [4.69, 9.17) is 5.21 Å². The molecule has 2 rings (SSSR count). The second kappa shape index (κ2) is 10.1. The lowest BCUT2D eigenvalue weighted by Gasteiger charge is -2.29. The Labute approximate surface area is 161 Å². The van der Waals surface area contributed by atoms with Crippen molar-refractivity contribution < 1.29 is 10.0 Å². The van der Waals surface area contributed by atoms with Crippen LogP contribution in [0.1, 0.15) is 60.3 Å². The fourth-order valence-electron chi connectivity index (χ4n) is 3.14. The van der Waals surface area contributed by atoms with Crippen LogP contribution in [0, 0.1) is 20.8 Å². The van der Waals surface area contributed by atoms with E-state index in [2.05, 4.69) is 47.8 Å². The van der Waals surface area contributed by atoms with Crippen LogP contribution in [0.25, 0.3) is 0 Å². The molecule has 0 unspecified atom stereocenters. The number of nitrogens with one attached hydrogen (secondary N) is 1. The number of aryl methyl sites for hydroxylation is 3. The van der Waals surface area contributed by atoms with Gasteiger partial charge in [0.15, 0.2) is 0 Å². The quantitative estimate of drug-likeness (QED) is 0.400. The minimum atomic E-state index is -0.342. The summed E-state index contributed by atoms with van der Waals surface area (Å²) in [6, 6.07) is 6.41. The highest BCUT2D eigenvalue weighted by Crippen LogP contribution is 2.23. The van der Waals surface area contributed by atoms with Gasteiger partial charge in [-0.1, -0.05) is 6.07 Å². The highest BCUT2D eigenvalue weighted by molar-refractivity contribution is 5.74. The predicted octanol–water partition coefficient (Wildman–Crippen LogP) is 3.64. The first-order valence-corrected chi connectivity index (χ1v) is 9.42. The molecule has 6 nitrogen and oxygen atoms in total. The van der Waals surface area contributed by atoms with E-state index in [1.807, 2.05) is 25.4 Å². The van der Waals surface area contributed by atoms with E-state index in [-0.39, 0.29) is 11.9 Å². The third-order valence-corrected chi connectivity index (χ3v) is 4.81. The normalized spacial score (nSPS) is 12.2. The smallest absolute Gasteiger partial charge is 0.243 e. The Morgan fingerprint density at radius 1 is 1.19 bits per heavy atom. The molecule has 0 aliphatic heterocycles. The van der Waals surface area contributed by atoms with Crippen molar-refractivity contribution in [3.05, 3.63) is 58.7 Å². The molecule has 0 spiro atoms. The summed E-state index contributed by atoms with van der Waals surface area (Å²) in [7, 11) is 0. The summed E-state index contributed by atoms with van der Waals surface area (Å²) in [6.45, 7) is 9.93. The molecule has 0 aromatic carbocycles. The third-order valence-electron chi connectivity index (χ3n) is 4.81. The Hall–Kier alpha value is -2.31. The summed E-state index contributed by atoms with van der Waals surface area (Å²) in [5, 5.41) is 8.63. The first-order chi connectivity index (χ1) is 12.9. The van der Waals surface area contributed by atoms with Gasteiger partial charge in [0.1, 0.15) is 0 Å². The fraction of sp³-hybridized carbons (Fsp3) is 0.476. The topological polar surface area (TPSA) is 78.4 Å². The lowest BCUT2D eigenvalue weighted by atomic mass is 10.1. The molecule has 0 radical (unpaired) electrons. The van der Waals surface area contributed by atoms with Gasteiger partial charge in [-0.25, -0.2) is 5.48 Å². The predicted molar refractivity (Wildman–Crippen MR) is 105 cm³/mol. The van der Waals surface area contributed by atoms with Gasteiger partial charge in [-0.3, -0.25) is 24.9 Å². The average Bonchev–Trinajstić information content (AvgIpc) is 2.65. The number of hydrogen-bond acceptors (Lipinski definition) is 5. The number of nitrogens with zero attached hydrogens (tertiary/aromatic N) is 3. The van der Waals surface area contributed by atoms with Crippen molar-refractivity contribution in [2.75, 3.05) is 6.54 Å². The molecule has 2 aromatic heterocycles. The monoisotopic (exact) mass is 370 g/mol. The third kappa shape index (κ3) is 6.41. The van der Waals surface area contributed by atoms with Gasteiger partial charge in [0.2, 0.25) is 5.91 Å². The molecule has 2 heterocycles. The zero-order valence-corrected chi connectivity index (χ0v) is 16.7. The Kier molecular flexibility index (Phi) is 7.88. The van der Waals surface area contributed by atoms with Crippen LogP contribution in [0.2, 0.25) is 0 Å². The Morgan fingerprint density at radius 2 is 1.96 bits per heavy atom. The maximum Gasteiger partial charge on any atom is 0.243 e. The highest BCUT2D eigenvalue weighted by atomic mass is 16.5. The van der Waals surface area contributed by atoms with Crippen molar-refractivity contribution in [3.63, 3.8) is 0 Å². The van der Waals surface area contributed by atoms with E-state index in [9.17, 15) is 4.79 Å². The van der Waals surface area contributed by atoms with Crippen molar-refractivity contribution in [3.8, 4) is 0 Å². The van der Waals surface area contributed by atoms with E-state index in [0.717, 1.165) is 42.9 Å². The lowest BCUT2D eigenvalue weighted by molar-refractivity contribution is -0.129. The van der Waals surface area contributed by atoms with Gasteiger partial charge in [-0.2, -0.15) is 0 Å². The summed E-state index contributed by atoms with van der Waals surface area (Å²) in [4.78, 5) is 22.7. The van der Waals surface area contributed by atoms with E-state index in [0.29, 0.717) is 6.42 Å². The molecule has 1 amide bonds. The molecule has 146 valence electrons. The van der Waals surface area contributed by atoms with Crippen LogP contribution in [-0.2, 0) is 11.3 Å². The van der Waals surface area contributed by atoms with Crippen molar-refractivity contribution in [2.24, 2.45) is 0 Å². The zero-order chi connectivity index (χ0) is 19.8. The number of hydroxylamine groups is 1. The molecule has 0 fully saturated rings. The summed E-state index contributed by atoms with van der Waals surface area (Å²) >= 11 is 0. The molecule has 0 saturated carbocycles. The summed E-state index contributed by atoms with van der Waals surface area (Å²) in [5.41, 5.74) is 7.32. The van der Waals surface area contributed by atoms with Crippen LogP contribution in [0.4, 0.5) is 0 Å². The molecule has 0 aliphatic rings. The summed E-state index contributed by atoms with van der Waals surface area (Å²) < 4.78 is 0. The van der Waals surface area contributed by atoms with Gasteiger partial charge in [-0.05, 0) is 75.9 Å². The number of unbranched alkanes of at least 4 members (excludes halogenated alkanes) is 1. The second-order valence-electron chi connectivity index (χ2n) is 7.17. The Morgan fingerprint density at radius 3 is 2.63 bits per heavy atom. The van der Waals surface area contributed by atoms with Crippen LogP contribution in [-0.4, -0.2) is 32.5 Å². The van der Waals surface area contributed by atoms with E-state index in [1.54, 1.807) is 5.48 Å². The molecule has 2 N–H and O–H groups in total. The van der Waals surface area contributed by atoms with Crippen LogP contribution >= 0.6 is 0 Å². The highest BCUT2D eigenvalue weighted by Gasteiger charge is 2.19. The maximum atomic E-state index is 11.2. The van der Waals surface area contributed by atoms with Gasteiger partial charge in [0.25, 0.3) is 0 Å². The standard InChI is InChI=1S/C21H30N4O2/c1-15-8-9-22-19(12-15)18(4)25(10-6-5-7-21(26)24-27)14-20-17(3)11-16(2)13-23-20/h8-9,11-13,18,27H,5-7,10,14H2,1-4H3,(H,24,26)/t18-/m0/s1. The molecule has 0 bridgehead atoms. The van der Waals surface area contributed by atoms with Crippen LogP contribution < -0.4 is 5.48 Å². The molecule has 27 heavy (non-hydrogen) atoms. The molecule has 2 aromatic rings. The van der Waals surface area contributed by atoms with Gasteiger partial charge < -0.3 is 0 Å². The second-order valence-corrected chi connectivity index (χ2v) is 7.17. The van der Waals surface area contributed by atoms with Crippen molar-refractivity contribution in [1.29, 1.82) is 0 Å². The maximum absolute atomic E-state index is 11.2. The van der Waals surface area contributed by atoms with E-state index < -0.39 is 0 Å². The molecular formula is C21H30N4O2. The Bertz CT molecular complexity index is 764.